The molecule has 0 saturated heterocycles. The van der Waals surface area contributed by atoms with E-state index in [-0.39, 0.29) is 12.9 Å². The minimum atomic E-state index is 0.0246. The van der Waals surface area contributed by atoms with E-state index in [1.165, 1.54) is 83.5 Å². The number of ether oxygens (including phenoxy) is 2. The molecule has 0 aliphatic carbocycles. The molecular formula is C25H50O3. The first kappa shape index (κ1) is 27.6. The molecule has 0 amide bonds. The molecule has 3 nitrogen and oxygen atoms in total. The Morgan fingerprint density at radius 3 is 1.57 bits per heavy atom. The molecule has 0 aromatic heterocycles. The van der Waals surface area contributed by atoms with Gasteiger partial charge in [0.2, 0.25) is 0 Å². The maximum Gasteiger partial charge on any atom is 0.157 e. The Morgan fingerprint density at radius 2 is 1.07 bits per heavy atom. The fourth-order valence-electron chi connectivity index (χ4n) is 3.23. The van der Waals surface area contributed by atoms with Crippen LogP contribution in [0.5, 0.6) is 0 Å². The SMILES string of the molecule is CCCCOC(CCCCCCCCCCCC/C=C\CCO)OCCCC. The Bertz CT molecular complexity index is 294. The molecule has 0 unspecified atom stereocenters. The van der Waals surface area contributed by atoms with Crippen LogP contribution in [-0.4, -0.2) is 31.2 Å². The van der Waals surface area contributed by atoms with Crippen molar-refractivity contribution in [3.8, 4) is 0 Å². The first-order valence-electron chi connectivity index (χ1n) is 12.3. The van der Waals surface area contributed by atoms with Crippen LogP contribution in [0.1, 0.15) is 123 Å². The summed E-state index contributed by atoms with van der Waals surface area (Å²) in [5, 5.41) is 8.70. The summed E-state index contributed by atoms with van der Waals surface area (Å²) in [5.74, 6) is 0. The molecule has 0 aliphatic heterocycles. The minimum absolute atomic E-state index is 0.0246. The van der Waals surface area contributed by atoms with Crippen molar-refractivity contribution in [3.63, 3.8) is 0 Å². The number of aliphatic hydroxyl groups is 1. The predicted molar refractivity (Wildman–Crippen MR) is 122 cm³/mol. The fraction of sp³-hybridized carbons (Fsp3) is 0.920. The van der Waals surface area contributed by atoms with Crippen molar-refractivity contribution >= 4 is 0 Å². The molecule has 0 radical (unpaired) electrons. The van der Waals surface area contributed by atoms with Crippen LogP contribution in [0.15, 0.2) is 12.2 Å². The number of hydrogen-bond donors (Lipinski definition) is 1. The molecule has 28 heavy (non-hydrogen) atoms. The molecule has 0 fully saturated rings. The Balaban J connectivity index is 3.41. The van der Waals surface area contributed by atoms with Gasteiger partial charge in [-0.05, 0) is 44.9 Å². The van der Waals surface area contributed by atoms with Crippen LogP contribution < -0.4 is 0 Å². The quantitative estimate of drug-likeness (QED) is 0.110. The van der Waals surface area contributed by atoms with Crippen LogP contribution in [0, 0.1) is 0 Å². The average Bonchev–Trinajstić information content (AvgIpc) is 2.70. The van der Waals surface area contributed by atoms with Gasteiger partial charge < -0.3 is 14.6 Å². The number of rotatable bonds is 23. The van der Waals surface area contributed by atoms with Crippen LogP contribution >= 0.6 is 0 Å². The lowest BCUT2D eigenvalue weighted by atomic mass is 10.0. The van der Waals surface area contributed by atoms with E-state index in [0.29, 0.717) is 0 Å². The maximum absolute atomic E-state index is 8.70. The number of hydrogen-bond acceptors (Lipinski definition) is 3. The third kappa shape index (κ3) is 21.9. The van der Waals surface area contributed by atoms with Crippen molar-refractivity contribution in [2.75, 3.05) is 19.8 Å². The molecule has 0 rings (SSSR count). The predicted octanol–water partition coefficient (Wildman–Crippen LogP) is 7.57. The third-order valence-electron chi connectivity index (χ3n) is 5.13. The summed E-state index contributed by atoms with van der Waals surface area (Å²) in [5.41, 5.74) is 0. The van der Waals surface area contributed by atoms with Crippen molar-refractivity contribution in [2.24, 2.45) is 0 Å². The zero-order valence-corrected chi connectivity index (χ0v) is 19.1. The van der Waals surface area contributed by atoms with Gasteiger partial charge in [-0.1, -0.05) is 90.2 Å². The van der Waals surface area contributed by atoms with Crippen LogP contribution in [0.3, 0.4) is 0 Å². The molecule has 0 spiro atoms. The van der Waals surface area contributed by atoms with Gasteiger partial charge in [-0.15, -0.1) is 0 Å². The highest BCUT2D eigenvalue weighted by Gasteiger charge is 2.08. The Hall–Kier alpha value is -0.380. The molecule has 0 bridgehead atoms. The summed E-state index contributed by atoms with van der Waals surface area (Å²) in [6.07, 6.45) is 25.5. The second-order valence-corrected chi connectivity index (χ2v) is 7.97. The molecule has 0 aromatic rings. The van der Waals surface area contributed by atoms with Gasteiger partial charge in [-0.3, -0.25) is 0 Å². The van der Waals surface area contributed by atoms with Crippen molar-refractivity contribution in [1.29, 1.82) is 0 Å². The molecule has 0 aliphatic rings. The Labute approximate surface area is 176 Å². The van der Waals surface area contributed by atoms with Gasteiger partial charge in [-0.25, -0.2) is 0 Å². The van der Waals surface area contributed by atoms with Crippen molar-refractivity contribution in [3.05, 3.63) is 12.2 Å². The minimum Gasteiger partial charge on any atom is -0.396 e. The summed E-state index contributed by atoms with van der Waals surface area (Å²) in [6, 6.07) is 0. The summed E-state index contributed by atoms with van der Waals surface area (Å²) in [6.45, 7) is 6.36. The zero-order chi connectivity index (χ0) is 20.5. The lowest BCUT2D eigenvalue weighted by Crippen LogP contribution is -2.18. The van der Waals surface area contributed by atoms with E-state index >= 15 is 0 Å². The van der Waals surface area contributed by atoms with Crippen molar-refractivity contribution < 1.29 is 14.6 Å². The first-order valence-corrected chi connectivity index (χ1v) is 12.3. The molecular weight excluding hydrogens is 348 g/mol. The van der Waals surface area contributed by atoms with Crippen LogP contribution in [0.4, 0.5) is 0 Å². The topological polar surface area (TPSA) is 38.7 Å². The van der Waals surface area contributed by atoms with E-state index in [2.05, 4.69) is 26.0 Å². The van der Waals surface area contributed by atoms with Crippen LogP contribution in [-0.2, 0) is 9.47 Å². The van der Waals surface area contributed by atoms with Crippen molar-refractivity contribution in [2.45, 2.75) is 129 Å². The highest BCUT2D eigenvalue weighted by molar-refractivity contribution is 4.80. The van der Waals surface area contributed by atoms with Gasteiger partial charge in [0.15, 0.2) is 6.29 Å². The molecule has 0 saturated carbocycles. The van der Waals surface area contributed by atoms with E-state index in [1.54, 1.807) is 0 Å². The Morgan fingerprint density at radius 1 is 0.607 bits per heavy atom. The standard InChI is InChI=1S/C25H50O3/c1-3-5-23-27-25(28-24-6-4-2)21-19-17-15-13-11-9-7-8-10-12-14-16-18-20-22-26/h16,18,25-26H,3-15,17,19-24H2,1-2H3/b18-16-. The van der Waals surface area contributed by atoms with Crippen molar-refractivity contribution in [1.82, 2.24) is 0 Å². The van der Waals surface area contributed by atoms with E-state index in [1.807, 2.05) is 0 Å². The summed E-state index contributed by atoms with van der Waals surface area (Å²) in [4.78, 5) is 0. The molecule has 0 atom stereocenters. The Kier molecular flexibility index (Phi) is 24.3. The molecule has 1 N–H and O–H groups in total. The normalized spacial score (nSPS) is 11.9. The monoisotopic (exact) mass is 398 g/mol. The van der Waals surface area contributed by atoms with Gasteiger partial charge >= 0.3 is 0 Å². The number of unbranched alkanes of at least 4 members (excludes halogenated alkanes) is 12. The summed E-state index contributed by atoms with van der Waals surface area (Å²) >= 11 is 0. The van der Waals surface area contributed by atoms with E-state index in [0.717, 1.165) is 38.9 Å². The molecule has 3 heteroatoms. The average molecular weight is 399 g/mol. The van der Waals surface area contributed by atoms with E-state index < -0.39 is 0 Å². The van der Waals surface area contributed by atoms with Gasteiger partial charge in [0, 0.05) is 19.8 Å². The maximum atomic E-state index is 8.70. The second kappa shape index (κ2) is 24.7. The van der Waals surface area contributed by atoms with Gasteiger partial charge in [0.1, 0.15) is 0 Å². The molecule has 168 valence electrons. The van der Waals surface area contributed by atoms with Gasteiger partial charge in [-0.2, -0.15) is 0 Å². The fourth-order valence-corrected chi connectivity index (χ4v) is 3.23. The van der Waals surface area contributed by atoms with Gasteiger partial charge in [0.25, 0.3) is 0 Å². The largest absolute Gasteiger partial charge is 0.396 e. The summed E-state index contributed by atoms with van der Waals surface area (Å²) < 4.78 is 11.8. The lowest BCUT2D eigenvalue weighted by Gasteiger charge is -2.18. The molecule has 0 aromatic carbocycles. The van der Waals surface area contributed by atoms with Crippen LogP contribution in [0.25, 0.3) is 0 Å². The number of allylic oxidation sites excluding steroid dienone is 1. The molecule has 0 heterocycles. The smallest absolute Gasteiger partial charge is 0.157 e. The first-order chi connectivity index (χ1) is 13.8. The zero-order valence-electron chi connectivity index (χ0n) is 19.1. The number of aliphatic hydroxyl groups excluding tert-OH is 1. The summed E-state index contributed by atoms with van der Waals surface area (Å²) in [7, 11) is 0. The van der Waals surface area contributed by atoms with E-state index in [4.69, 9.17) is 14.6 Å². The second-order valence-electron chi connectivity index (χ2n) is 7.97. The van der Waals surface area contributed by atoms with Gasteiger partial charge in [0.05, 0.1) is 0 Å². The van der Waals surface area contributed by atoms with E-state index in [9.17, 15) is 0 Å². The van der Waals surface area contributed by atoms with Crippen LogP contribution in [0.2, 0.25) is 0 Å². The third-order valence-corrected chi connectivity index (χ3v) is 5.13. The lowest BCUT2D eigenvalue weighted by molar-refractivity contribution is -0.147. The highest BCUT2D eigenvalue weighted by Crippen LogP contribution is 2.14. The highest BCUT2D eigenvalue weighted by atomic mass is 16.7.